The van der Waals surface area contributed by atoms with E-state index in [4.69, 9.17) is 20.8 Å². The Morgan fingerprint density at radius 1 is 1.24 bits per heavy atom. The summed E-state index contributed by atoms with van der Waals surface area (Å²) in [7, 11) is 1.65. The van der Waals surface area contributed by atoms with E-state index in [9.17, 15) is 4.79 Å². The monoisotopic (exact) mass is 410 g/mol. The van der Waals surface area contributed by atoms with Gasteiger partial charge in [0.2, 0.25) is 5.91 Å². The highest BCUT2D eigenvalue weighted by atomic mass is 35.5. The SMILES string of the molecule is COc1ccc(C)c2c1N(C(=O)CCc1ncc(-c3ccc(Cl)cc3)o1)CCC2. The summed E-state index contributed by atoms with van der Waals surface area (Å²) in [6, 6.07) is 11.4. The lowest BCUT2D eigenvalue weighted by atomic mass is 9.96. The Bertz CT molecular complexity index is 1030. The highest BCUT2D eigenvalue weighted by Crippen LogP contribution is 2.38. The number of methoxy groups -OCH3 is 1. The summed E-state index contributed by atoms with van der Waals surface area (Å²) < 4.78 is 11.4. The summed E-state index contributed by atoms with van der Waals surface area (Å²) in [5.74, 6) is 2.03. The molecule has 29 heavy (non-hydrogen) atoms. The molecule has 1 aromatic heterocycles. The van der Waals surface area contributed by atoms with Crippen LogP contribution in [0.2, 0.25) is 5.02 Å². The molecule has 3 aromatic rings. The fraction of sp³-hybridized carbons (Fsp3) is 0.304. The number of rotatable bonds is 5. The number of carbonyl (C=O) groups is 1. The number of aryl methyl sites for hydroxylation is 2. The first-order chi connectivity index (χ1) is 14.1. The number of hydrogen-bond donors (Lipinski definition) is 0. The van der Waals surface area contributed by atoms with Crippen LogP contribution >= 0.6 is 11.6 Å². The fourth-order valence-corrected chi connectivity index (χ4v) is 3.92. The molecule has 6 heteroatoms. The lowest BCUT2D eigenvalue weighted by molar-refractivity contribution is -0.118. The molecule has 150 valence electrons. The summed E-state index contributed by atoms with van der Waals surface area (Å²) in [6.45, 7) is 2.78. The van der Waals surface area contributed by atoms with E-state index >= 15 is 0 Å². The maximum atomic E-state index is 13.0. The molecule has 0 atom stereocenters. The van der Waals surface area contributed by atoms with Gasteiger partial charge in [0.05, 0.1) is 19.0 Å². The number of oxazole rings is 1. The second-order valence-corrected chi connectivity index (χ2v) is 7.62. The van der Waals surface area contributed by atoms with E-state index in [1.165, 1.54) is 11.1 Å². The summed E-state index contributed by atoms with van der Waals surface area (Å²) in [5.41, 5.74) is 4.21. The van der Waals surface area contributed by atoms with E-state index in [0.717, 1.165) is 29.8 Å². The van der Waals surface area contributed by atoms with Gasteiger partial charge < -0.3 is 14.1 Å². The van der Waals surface area contributed by atoms with Crippen LogP contribution in [-0.2, 0) is 17.6 Å². The Morgan fingerprint density at radius 2 is 2.03 bits per heavy atom. The van der Waals surface area contributed by atoms with Crippen molar-refractivity contribution in [3.63, 3.8) is 0 Å². The first-order valence-corrected chi connectivity index (χ1v) is 10.1. The van der Waals surface area contributed by atoms with Gasteiger partial charge in [0.1, 0.15) is 5.75 Å². The summed E-state index contributed by atoms with van der Waals surface area (Å²) in [6.07, 6.45) is 4.38. The molecule has 0 saturated heterocycles. The van der Waals surface area contributed by atoms with Crippen molar-refractivity contribution in [2.75, 3.05) is 18.6 Å². The third-order valence-corrected chi connectivity index (χ3v) is 5.57. The molecule has 0 unspecified atom stereocenters. The smallest absolute Gasteiger partial charge is 0.227 e. The lowest BCUT2D eigenvalue weighted by Crippen LogP contribution is -2.36. The zero-order chi connectivity index (χ0) is 20.4. The van der Waals surface area contributed by atoms with Crippen LogP contribution in [0.1, 0.15) is 29.9 Å². The maximum Gasteiger partial charge on any atom is 0.227 e. The minimum Gasteiger partial charge on any atom is -0.495 e. The summed E-state index contributed by atoms with van der Waals surface area (Å²) in [4.78, 5) is 19.2. The number of benzene rings is 2. The van der Waals surface area contributed by atoms with Gasteiger partial charge in [-0.2, -0.15) is 0 Å². The van der Waals surface area contributed by atoms with Gasteiger partial charge in [-0.3, -0.25) is 4.79 Å². The number of hydrogen-bond acceptors (Lipinski definition) is 4. The molecule has 1 aliphatic heterocycles. The molecule has 2 heterocycles. The number of halogens is 1. The van der Waals surface area contributed by atoms with Gasteiger partial charge >= 0.3 is 0 Å². The van der Waals surface area contributed by atoms with E-state index in [2.05, 4.69) is 18.0 Å². The van der Waals surface area contributed by atoms with Gasteiger partial charge in [0.25, 0.3) is 0 Å². The lowest BCUT2D eigenvalue weighted by Gasteiger charge is -2.32. The predicted octanol–water partition coefficient (Wildman–Crippen LogP) is 5.22. The number of aromatic nitrogens is 1. The third kappa shape index (κ3) is 4.01. The van der Waals surface area contributed by atoms with Gasteiger partial charge in [-0.25, -0.2) is 4.98 Å². The summed E-state index contributed by atoms with van der Waals surface area (Å²) >= 11 is 5.93. The molecule has 4 rings (SSSR count). The van der Waals surface area contributed by atoms with Crippen molar-refractivity contribution in [3.05, 3.63) is 64.6 Å². The molecule has 1 aliphatic rings. The van der Waals surface area contributed by atoms with Crippen LogP contribution in [0.25, 0.3) is 11.3 Å². The van der Waals surface area contributed by atoms with Crippen LogP contribution in [0.15, 0.2) is 47.0 Å². The van der Waals surface area contributed by atoms with Crippen molar-refractivity contribution in [2.45, 2.75) is 32.6 Å². The van der Waals surface area contributed by atoms with Crippen molar-refractivity contribution >= 4 is 23.2 Å². The Hall–Kier alpha value is -2.79. The number of carbonyl (C=O) groups excluding carboxylic acids is 1. The molecule has 0 radical (unpaired) electrons. The molecular weight excluding hydrogens is 388 g/mol. The van der Waals surface area contributed by atoms with E-state index < -0.39 is 0 Å². The first kappa shape index (κ1) is 19.5. The highest BCUT2D eigenvalue weighted by Gasteiger charge is 2.27. The summed E-state index contributed by atoms with van der Waals surface area (Å²) in [5, 5.41) is 0.673. The van der Waals surface area contributed by atoms with Crippen LogP contribution in [0.3, 0.4) is 0 Å². The topological polar surface area (TPSA) is 55.6 Å². The minimum atomic E-state index is 0.0566. The van der Waals surface area contributed by atoms with Gasteiger partial charge in [-0.15, -0.1) is 0 Å². The Morgan fingerprint density at radius 3 is 2.79 bits per heavy atom. The number of anilines is 1. The second kappa shape index (κ2) is 8.29. The zero-order valence-corrected chi connectivity index (χ0v) is 17.3. The van der Waals surface area contributed by atoms with Crippen molar-refractivity contribution < 1.29 is 13.9 Å². The second-order valence-electron chi connectivity index (χ2n) is 7.19. The van der Waals surface area contributed by atoms with Crippen molar-refractivity contribution in [1.82, 2.24) is 4.98 Å². The van der Waals surface area contributed by atoms with Crippen molar-refractivity contribution in [2.24, 2.45) is 0 Å². The molecule has 0 saturated carbocycles. The van der Waals surface area contributed by atoms with Gasteiger partial charge in [0, 0.05) is 30.0 Å². The van der Waals surface area contributed by atoms with Crippen molar-refractivity contribution in [1.29, 1.82) is 0 Å². The first-order valence-electron chi connectivity index (χ1n) is 9.74. The maximum absolute atomic E-state index is 13.0. The average Bonchev–Trinajstić information content (AvgIpc) is 3.22. The van der Waals surface area contributed by atoms with E-state index in [1.807, 2.05) is 35.2 Å². The Labute approximate surface area is 175 Å². The van der Waals surface area contributed by atoms with Gasteiger partial charge in [0.15, 0.2) is 11.7 Å². The number of ether oxygens (including phenoxy) is 1. The molecule has 0 N–H and O–H groups in total. The normalized spacial score (nSPS) is 13.3. The number of fused-ring (bicyclic) bond motifs is 1. The quantitative estimate of drug-likeness (QED) is 0.578. The average molecular weight is 411 g/mol. The van der Waals surface area contributed by atoms with Crippen LogP contribution in [0, 0.1) is 6.92 Å². The molecule has 1 amide bonds. The molecule has 5 nitrogen and oxygen atoms in total. The largest absolute Gasteiger partial charge is 0.495 e. The third-order valence-electron chi connectivity index (χ3n) is 5.31. The number of amides is 1. The Balaban J connectivity index is 1.48. The molecule has 0 aliphatic carbocycles. The zero-order valence-electron chi connectivity index (χ0n) is 16.6. The van der Waals surface area contributed by atoms with E-state index in [0.29, 0.717) is 36.1 Å². The Kier molecular flexibility index (Phi) is 5.58. The molecular formula is C23H23ClN2O3. The minimum absolute atomic E-state index is 0.0566. The van der Waals surface area contributed by atoms with Crippen molar-refractivity contribution in [3.8, 4) is 17.1 Å². The van der Waals surface area contributed by atoms with Gasteiger partial charge in [-0.05, 0) is 61.2 Å². The standard InChI is InChI=1S/C23H23ClN2O3/c1-15-5-10-19(28-2)23-18(15)4-3-13-26(23)22(27)12-11-21-25-14-20(29-21)16-6-8-17(24)9-7-16/h5-10,14H,3-4,11-13H2,1-2H3. The van der Waals surface area contributed by atoms with Gasteiger partial charge in [-0.1, -0.05) is 17.7 Å². The fourth-order valence-electron chi connectivity index (χ4n) is 3.79. The van der Waals surface area contributed by atoms with Crippen LogP contribution in [-0.4, -0.2) is 24.5 Å². The van der Waals surface area contributed by atoms with E-state index in [-0.39, 0.29) is 5.91 Å². The van der Waals surface area contributed by atoms with Crippen LogP contribution < -0.4 is 9.64 Å². The molecule has 0 bridgehead atoms. The molecule has 2 aromatic carbocycles. The van der Waals surface area contributed by atoms with Crippen LogP contribution in [0.5, 0.6) is 5.75 Å². The molecule has 0 spiro atoms. The molecule has 0 fully saturated rings. The number of nitrogens with zero attached hydrogens (tertiary/aromatic N) is 2. The van der Waals surface area contributed by atoms with E-state index in [1.54, 1.807) is 13.3 Å². The highest BCUT2D eigenvalue weighted by molar-refractivity contribution is 6.30. The predicted molar refractivity (Wildman–Crippen MR) is 114 cm³/mol. The van der Waals surface area contributed by atoms with Crippen LogP contribution in [0.4, 0.5) is 5.69 Å².